The molecule has 0 atom stereocenters. The fraction of sp³-hybridized carbons (Fsp3) is 0. The summed E-state index contributed by atoms with van der Waals surface area (Å²) in [5, 5.41) is 7.96. The standard InChI is InChI=1S/C39H21N5O/c1-5-13-29-26(12-1)36(42-39(41-29)44-32-15-7-2-9-23(32)24-10-3-8-16-33(24)44)22-17-18-34-28(19-22)35-37-27(20-30-38(35)45-21-40-30)25-11-4-6-14-31(25)43(34)37/h1-21H. The molecule has 5 heterocycles. The van der Waals surface area contributed by atoms with Crippen LogP contribution in [0.2, 0.25) is 0 Å². The van der Waals surface area contributed by atoms with Crippen molar-refractivity contribution >= 4 is 81.9 Å². The van der Waals surface area contributed by atoms with Gasteiger partial charge in [-0.2, -0.15) is 0 Å². The van der Waals surface area contributed by atoms with E-state index in [-0.39, 0.29) is 0 Å². The van der Waals surface area contributed by atoms with E-state index in [1.807, 2.05) is 6.07 Å². The van der Waals surface area contributed by atoms with Gasteiger partial charge in [0.25, 0.3) is 0 Å². The van der Waals surface area contributed by atoms with E-state index < -0.39 is 0 Å². The van der Waals surface area contributed by atoms with Gasteiger partial charge in [0.2, 0.25) is 5.95 Å². The molecule has 0 unspecified atom stereocenters. The number of para-hydroxylation sites is 4. The summed E-state index contributed by atoms with van der Waals surface area (Å²) in [5.41, 5.74) is 10.1. The number of benzene rings is 6. The summed E-state index contributed by atoms with van der Waals surface area (Å²) in [6.45, 7) is 0. The summed E-state index contributed by atoms with van der Waals surface area (Å²) >= 11 is 0. The van der Waals surface area contributed by atoms with E-state index >= 15 is 0 Å². The van der Waals surface area contributed by atoms with Crippen LogP contribution < -0.4 is 0 Å². The minimum Gasteiger partial charge on any atom is -0.443 e. The van der Waals surface area contributed by atoms with E-state index in [1.165, 1.54) is 27.1 Å². The van der Waals surface area contributed by atoms with Gasteiger partial charge in [-0.1, -0.05) is 78.9 Å². The van der Waals surface area contributed by atoms with Crippen molar-refractivity contribution < 1.29 is 4.42 Å². The van der Waals surface area contributed by atoms with Crippen molar-refractivity contribution in [3.63, 3.8) is 0 Å². The largest absolute Gasteiger partial charge is 0.443 e. The highest BCUT2D eigenvalue weighted by Gasteiger charge is 2.23. The van der Waals surface area contributed by atoms with Crippen molar-refractivity contribution in [3.05, 3.63) is 128 Å². The number of fused-ring (bicyclic) bond motifs is 12. The van der Waals surface area contributed by atoms with Crippen molar-refractivity contribution in [1.82, 2.24) is 23.9 Å². The lowest BCUT2D eigenvalue weighted by atomic mass is 10.0. The molecule has 0 spiro atoms. The van der Waals surface area contributed by atoms with Crippen LogP contribution in [0.15, 0.2) is 132 Å². The maximum absolute atomic E-state index is 6.05. The number of oxazole rings is 1. The third-order valence-electron chi connectivity index (χ3n) is 9.41. The van der Waals surface area contributed by atoms with Crippen molar-refractivity contribution in [2.24, 2.45) is 0 Å². The van der Waals surface area contributed by atoms with Crippen LogP contribution in [0.3, 0.4) is 0 Å². The van der Waals surface area contributed by atoms with Gasteiger partial charge in [0.15, 0.2) is 12.0 Å². The second-order valence-corrected chi connectivity index (χ2v) is 11.7. The number of nitrogens with zero attached hydrogens (tertiary/aromatic N) is 5. The van der Waals surface area contributed by atoms with E-state index in [1.54, 1.807) is 6.39 Å². The van der Waals surface area contributed by atoms with Crippen molar-refractivity contribution in [3.8, 4) is 17.2 Å². The molecule has 11 rings (SSSR count). The summed E-state index contributed by atoms with van der Waals surface area (Å²) < 4.78 is 10.6. The first-order valence-corrected chi connectivity index (χ1v) is 15.0. The minimum atomic E-state index is 0.651. The average Bonchev–Trinajstić information content (AvgIpc) is 3.86. The first-order chi connectivity index (χ1) is 22.3. The summed E-state index contributed by atoms with van der Waals surface area (Å²) in [7, 11) is 0. The van der Waals surface area contributed by atoms with E-state index in [0.717, 1.165) is 66.1 Å². The van der Waals surface area contributed by atoms with Crippen LogP contribution >= 0.6 is 0 Å². The van der Waals surface area contributed by atoms with Gasteiger partial charge in [-0.3, -0.25) is 4.57 Å². The van der Waals surface area contributed by atoms with Crippen molar-refractivity contribution in [2.45, 2.75) is 0 Å². The Labute approximate surface area is 254 Å². The molecule has 0 amide bonds. The lowest BCUT2D eigenvalue weighted by molar-refractivity contribution is 0.605. The summed E-state index contributed by atoms with van der Waals surface area (Å²) in [6.07, 6.45) is 1.55. The molecule has 0 saturated heterocycles. The maximum Gasteiger partial charge on any atom is 0.235 e. The molecular weight excluding hydrogens is 554 g/mol. The molecule has 0 aliphatic carbocycles. The van der Waals surface area contributed by atoms with Crippen LogP contribution in [0.4, 0.5) is 0 Å². The summed E-state index contributed by atoms with van der Waals surface area (Å²) in [6, 6.07) is 42.6. The highest BCUT2D eigenvalue weighted by Crippen LogP contribution is 2.44. The Morgan fingerprint density at radius 2 is 1.16 bits per heavy atom. The van der Waals surface area contributed by atoms with Gasteiger partial charge in [-0.25, -0.2) is 15.0 Å². The third-order valence-corrected chi connectivity index (χ3v) is 9.41. The molecule has 0 aliphatic heterocycles. The molecule has 0 fully saturated rings. The molecule has 0 saturated carbocycles. The van der Waals surface area contributed by atoms with Crippen LogP contribution in [0, 0.1) is 0 Å². The highest BCUT2D eigenvalue weighted by atomic mass is 16.3. The van der Waals surface area contributed by atoms with E-state index in [9.17, 15) is 0 Å². The Bertz CT molecular complexity index is 2950. The van der Waals surface area contributed by atoms with Gasteiger partial charge in [0.05, 0.1) is 44.2 Å². The zero-order chi connectivity index (χ0) is 29.2. The molecule has 0 bridgehead atoms. The van der Waals surface area contributed by atoms with Crippen LogP contribution in [0.1, 0.15) is 0 Å². The van der Waals surface area contributed by atoms with E-state index in [2.05, 4.69) is 129 Å². The fourth-order valence-electron chi connectivity index (χ4n) is 7.55. The lowest BCUT2D eigenvalue weighted by Crippen LogP contribution is -2.03. The number of aromatic nitrogens is 5. The Balaban J connectivity index is 1.26. The van der Waals surface area contributed by atoms with Gasteiger partial charge in [-0.05, 0) is 42.5 Å². The first-order valence-electron chi connectivity index (χ1n) is 15.0. The first kappa shape index (κ1) is 23.2. The van der Waals surface area contributed by atoms with Gasteiger partial charge < -0.3 is 8.82 Å². The zero-order valence-electron chi connectivity index (χ0n) is 23.8. The highest BCUT2D eigenvalue weighted by molar-refractivity contribution is 6.30. The minimum absolute atomic E-state index is 0.651. The van der Waals surface area contributed by atoms with E-state index in [4.69, 9.17) is 14.4 Å². The SMILES string of the molecule is c1ccc2c(-c3ccc4c(c3)c3c5ocnc5cc5c6ccccc6n4c53)nc(-n3c4ccccc4c4ccccc43)nc2c1. The smallest absolute Gasteiger partial charge is 0.235 e. The Hall–Kier alpha value is -6.27. The van der Waals surface area contributed by atoms with Gasteiger partial charge in [0, 0.05) is 37.9 Å². The molecule has 6 nitrogen and oxygen atoms in total. The molecule has 0 N–H and O–H groups in total. The van der Waals surface area contributed by atoms with Crippen LogP contribution in [-0.2, 0) is 0 Å². The monoisotopic (exact) mass is 575 g/mol. The fourth-order valence-corrected chi connectivity index (χ4v) is 7.55. The van der Waals surface area contributed by atoms with Crippen LogP contribution in [0.5, 0.6) is 0 Å². The zero-order valence-corrected chi connectivity index (χ0v) is 23.8. The molecule has 5 aromatic heterocycles. The summed E-state index contributed by atoms with van der Waals surface area (Å²) in [5.74, 6) is 0.651. The number of rotatable bonds is 2. The molecule has 6 aromatic carbocycles. The maximum atomic E-state index is 6.05. The predicted molar refractivity (Wildman–Crippen MR) is 182 cm³/mol. The second kappa shape index (κ2) is 8.21. The van der Waals surface area contributed by atoms with Gasteiger partial charge in [-0.15, -0.1) is 0 Å². The number of hydrogen-bond donors (Lipinski definition) is 0. The molecule has 45 heavy (non-hydrogen) atoms. The van der Waals surface area contributed by atoms with Gasteiger partial charge >= 0.3 is 0 Å². The normalized spacial score (nSPS) is 12.4. The summed E-state index contributed by atoms with van der Waals surface area (Å²) in [4.78, 5) is 15.0. The molecule has 208 valence electrons. The number of hydrogen-bond acceptors (Lipinski definition) is 4. The van der Waals surface area contributed by atoms with Crippen molar-refractivity contribution in [1.29, 1.82) is 0 Å². The van der Waals surface area contributed by atoms with Crippen molar-refractivity contribution in [2.75, 3.05) is 0 Å². The molecule has 11 aromatic rings. The Morgan fingerprint density at radius 3 is 1.93 bits per heavy atom. The molecular formula is C39H21N5O. The third kappa shape index (κ3) is 2.91. The van der Waals surface area contributed by atoms with Crippen LogP contribution in [-0.4, -0.2) is 23.9 Å². The Kier molecular flexibility index (Phi) is 4.24. The molecule has 0 aliphatic rings. The molecule has 6 heteroatoms. The van der Waals surface area contributed by atoms with E-state index in [0.29, 0.717) is 5.95 Å². The quantitative estimate of drug-likeness (QED) is 0.206. The Morgan fingerprint density at radius 1 is 0.511 bits per heavy atom. The van der Waals surface area contributed by atoms with Crippen LogP contribution in [0.25, 0.3) is 99.1 Å². The molecule has 0 radical (unpaired) electrons. The predicted octanol–water partition coefficient (Wildman–Crippen LogP) is 9.69. The van der Waals surface area contributed by atoms with Gasteiger partial charge in [0.1, 0.15) is 5.52 Å². The topological polar surface area (TPSA) is 61.1 Å². The lowest BCUT2D eigenvalue weighted by Gasteiger charge is -2.12. The average molecular weight is 576 g/mol. The second-order valence-electron chi connectivity index (χ2n) is 11.7.